The molecular formula is C18H27N3O2. The Morgan fingerprint density at radius 3 is 2.61 bits per heavy atom. The molecule has 2 unspecified atom stereocenters. The largest absolute Gasteiger partial charge is 0.360 e. The monoisotopic (exact) mass is 317 g/mol. The molecule has 126 valence electrons. The predicted octanol–water partition coefficient (Wildman–Crippen LogP) is 2.45. The molecule has 1 aliphatic heterocycles. The predicted molar refractivity (Wildman–Crippen MR) is 86.6 cm³/mol. The SMILES string of the molecule is Cc1cc(CN2CCC(N(C)C(=O)C3C4CCCC43)CC2)on1. The van der Waals surface area contributed by atoms with Crippen LogP contribution in [-0.2, 0) is 11.3 Å². The zero-order valence-electron chi connectivity index (χ0n) is 14.2. The lowest BCUT2D eigenvalue weighted by molar-refractivity contribution is -0.135. The zero-order valence-corrected chi connectivity index (χ0v) is 14.2. The molecule has 0 bridgehead atoms. The number of carbonyl (C=O) groups excluding carboxylic acids is 1. The van der Waals surface area contributed by atoms with E-state index in [1.165, 1.54) is 19.3 Å². The van der Waals surface area contributed by atoms with Crippen LogP contribution in [0.1, 0.15) is 43.6 Å². The molecule has 2 heterocycles. The number of carbonyl (C=O) groups is 1. The van der Waals surface area contributed by atoms with Crippen molar-refractivity contribution in [2.24, 2.45) is 17.8 Å². The Morgan fingerprint density at radius 2 is 2.00 bits per heavy atom. The maximum absolute atomic E-state index is 12.7. The number of nitrogens with zero attached hydrogens (tertiary/aromatic N) is 3. The lowest BCUT2D eigenvalue weighted by Gasteiger charge is -2.36. The fourth-order valence-corrected chi connectivity index (χ4v) is 4.78. The first-order chi connectivity index (χ1) is 11.1. The van der Waals surface area contributed by atoms with Crippen LogP contribution in [0.4, 0.5) is 0 Å². The highest BCUT2D eigenvalue weighted by Gasteiger charge is 2.57. The third-order valence-electron chi connectivity index (χ3n) is 6.20. The molecule has 1 amide bonds. The summed E-state index contributed by atoms with van der Waals surface area (Å²) >= 11 is 0. The highest BCUT2D eigenvalue weighted by Crippen LogP contribution is 2.58. The Bertz CT molecular complexity index is 567. The number of amides is 1. The van der Waals surface area contributed by atoms with Crippen molar-refractivity contribution in [2.75, 3.05) is 20.1 Å². The number of likely N-dealkylation sites (tertiary alicyclic amines) is 1. The molecule has 3 fully saturated rings. The maximum Gasteiger partial charge on any atom is 0.226 e. The van der Waals surface area contributed by atoms with Crippen LogP contribution < -0.4 is 0 Å². The number of fused-ring (bicyclic) bond motifs is 1. The molecule has 1 aromatic rings. The van der Waals surface area contributed by atoms with Gasteiger partial charge in [0.15, 0.2) is 5.76 Å². The Kier molecular flexibility index (Phi) is 3.92. The molecule has 3 aliphatic rings. The smallest absolute Gasteiger partial charge is 0.226 e. The molecule has 0 N–H and O–H groups in total. The average Bonchev–Trinajstić information content (AvgIpc) is 2.89. The molecule has 1 aromatic heterocycles. The summed E-state index contributed by atoms with van der Waals surface area (Å²) < 4.78 is 5.31. The molecule has 2 aliphatic carbocycles. The molecule has 2 saturated carbocycles. The highest BCUT2D eigenvalue weighted by atomic mass is 16.5. The fourth-order valence-electron chi connectivity index (χ4n) is 4.78. The summed E-state index contributed by atoms with van der Waals surface area (Å²) in [4.78, 5) is 17.2. The quantitative estimate of drug-likeness (QED) is 0.856. The van der Waals surface area contributed by atoms with Gasteiger partial charge in [0.2, 0.25) is 5.91 Å². The maximum atomic E-state index is 12.7. The van der Waals surface area contributed by atoms with Crippen molar-refractivity contribution in [1.82, 2.24) is 15.0 Å². The van der Waals surface area contributed by atoms with Crippen LogP contribution >= 0.6 is 0 Å². The minimum Gasteiger partial charge on any atom is -0.360 e. The van der Waals surface area contributed by atoms with E-state index < -0.39 is 0 Å². The average molecular weight is 317 g/mol. The van der Waals surface area contributed by atoms with Crippen LogP contribution in [0.15, 0.2) is 10.6 Å². The molecule has 5 nitrogen and oxygen atoms in total. The van der Waals surface area contributed by atoms with Gasteiger partial charge in [-0.05, 0) is 44.4 Å². The third kappa shape index (κ3) is 2.91. The van der Waals surface area contributed by atoms with Crippen LogP contribution in [0.5, 0.6) is 0 Å². The lowest BCUT2D eigenvalue weighted by Crippen LogP contribution is -2.46. The van der Waals surface area contributed by atoms with Gasteiger partial charge < -0.3 is 9.42 Å². The number of hydrogen-bond donors (Lipinski definition) is 0. The summed E-state index contributed by atoms with van der Waals surface area (Å²) in [6.07, 6.45) is 6.03. The summed E-state index contributed by atoms with van der Waals surface area (Å²) in [5, 5.41) is 3.95. The van der Waals surface area contributed by atoms with E-state index in [0.717, 1.165) is 55.8 Å². The van der Waals surface area contributed by atoms with Crippen LogP contribution in [-0.4, -0.2) is 47.0 Å². The molecule has 23 heavy (non-hydrogen) atoms. The van der Waals surface area contributed by atoms with Gasteiger partial charge in [0, 0.05) is 38.2 Å². The number of aromatic nitrogens is 1. The van der Waals surface area contributed by atoms with E-state index in [4.69, 9.17) is 4.52 Å². The molecule has 4 rings (SSSR count). The molecule has 2 atom stereocenters. The van der Waals surface area contributed by atoms with E-state index in [9.17, 15) is 4.79 Å². The fraction of sp³-hybridized carbons (Fsp3) is 0.778. The second-order valence-electron chi connectivity index (χ2n) is 7.68. The summed E-state index contributed by atoms with van der Waals surface area (Å²) in [6.45, 7) is 4.84. The lowest BCUT2D eigenvalue weighted by atomic mass is 10.0. The zero-order chi connectivity index (χ0) is 16.0. The van der Waals surface area contributed by atoms with Crippen molar-refractivity contribution in [3.05, 3.63) is 17.5 Å². The molecule has 0 aromatic carbocycles. The Labute approximate surface area is 138 Å². The van der Waals surface area contributed by atoms with Crippen LogP contribution in [0.3, 0.4) is 0 Å². The van der Waals surface area contributed by atoms with Crippen molar-refractivity contribution in [3.8, 4) is 0 Å². The van der Waals surface area contributed by atoms with Crippen LogP contribution in [0, 0.1) is 24.7 Å². The van der Waals surface area contributed by atoms with Crippen LogP contribution in [0.2, 0.25) is 0 Å². The van der Waals surface area contributed by atoms with Gasteiger partial charge in [-0.3, -0.25) is 9.69 Å². The topological polar surface area (TPSA) is 49.6 Å². The molecule has 5 heteroatoms. The van der Waals surface area contributed by atoms with Gasteiger partial charge in [0.25, 0.3) is 0 Å². The minimum absolute atomic E-state index is 0.365. The van der Waals surface area contributed by atoms with Gasteiger partial charge in [-0.25, -0.2) is 0 Å². The van der Waals surface area contributed by atoms with Crippen molar-refractivity contribution < 1.29 is 9.32 Å². The van der Waals surface area contributed by atoms with E-state index in [0.29, 0.717) is 17.9 Å². The van der Waals surface area contributed by atoms with Crippen molar-refractivity contribution in [3.63, 3.8) is 0 Å². The first kappa shape index (κ1) is 15.2. The van der Waals surface area contributed by atoms with Gasteiger partial charge in [-0.2, -0.15) is 0 Å². The Morgan fingerprint density at radius 1 is 1.30 bits per heavy atom. The van der Waals surface area contributed by atoms with Gasteiger partial charge in [-0.15, -0.1) is 0 Å². The normalized spacial score (nSPS) is 31.1. The van der Waals surface area contributed by atoms with Crippen LogP contribution in [0.25, 0.3) is 0 Å². The van der Waals surface area contributed by atoms with E-state index >= 15 is 0 Å². The molecule has 1 saturated heterocycles. The van der Waals surface area contributed by atoms with E-state index in [-0.39, 0.29) is 0 Å². The van der Waals surface area contributed by atoms with Crippen molar-refractivity contribution in [2.45, 2.75) is 51.6 Å². The van der Waals surface area contributed by atoms with Crippen molar-refractivity contribution in [1.29, 1.82) is 0 Å². The third-order valence-corrected chi connectivity index (χ3v) is 6.20. The number of aryl methyl sites for hydroxylation is 1. The Balaban J connectivity index is 1.26. The number of piperidine rings is 1. The van der Waals surface area contributed by atoms with E-state index in [1.807, 2.05) is 20.0 Å². The Hall–Kier alpha value is -1.36. The van der Waals surface area contributed by atoms with E-state index in [2.05, 4.69) is 15.0 Å². The first-order valence-electron chi connectivity index (χ1n) is 9.04. The molecule has 0 spiro atoms. The van der Waals surface area contributed by atoms with Gasteiger partial charge in [0.05, 0.1) is 12.2 Å². The van der Waals surface area contributed by atoms with Gasteiger partial charge in [0.1, 0.15) is 0 Å². The van der Waals surface area contributed by atoms with E-state index in [1.54, 1.807) is 0 Å². The second-order valence-corrected chi connectivity index (χ2v) is 7.68. The number of rotatable bonds is 4. The molecule has 0 radical (unpaired) electrons. The van der Waals surface area contributed by atoms with Gasteiger partial charge in [-0.1, -0.05) is 11.6 Å². The van der Waals surface area contributed by atoms with Crippen molar-refractivity contribution >= 4 is 5.91 Å². The first-order valence-corrected chi connectivity index (χ1v) is 9.04. The summed E-state index contributed by atoms with van der Waals surface area (Å²) in [5.74, 6) is 3.17. The minimum atomic E-state index is 0.365. The highest BCUT2D eigenvalue weighted by molar-refractivity contribution is 5.82. The summed E-state index contributed by atoms with van der Waals surface area (Å²) in [6, 6.07) is 2.42. The molecular weight excluding hydrogens is 290 g/mol. The second kappa shape index (κ2) is 5.93. The number of hydrogen-bond acceptors (Lipinski definition) is 4. The summed E-state index contributed by atoms with van der Waals surface area (Å²) in [7, 11) is 2.02. The standard InChI is InChI=1S/C18H27N3O2/c1-12-10-14(23-19-12)11-21-8-6-13(7-9-21)20(2)18(22)17-15-4-3-5-16(15)17/h10,13,15-17H,3-9,11H2,1-2H3. The summed E-state index contributed by atoms with van der Waals surface area (Å²) in [5.41, 5.74) is 0.940. The van der Waals surface area contributed by atoms with Gasteiger partial charge >= 0.3 is 0 Å².